The summed E-state index contributed by atoms with van der Waals surface area (Å²) in [6.07, 6.45) is 2.89. The molecule has 1 aliphatic rings. The summed E-state index contributed by atoms with van der Waals surface area (Å²) in [5.41, 5.74) is 8.50. The summed E-state index contributed by atoms with van der Waals surface area (Å²) in [4.78, 5) is 17.1. The fourth-order valence-corrected chi connectivity index (χ4v) is 4.13. The second kappa shape index (κ2) is 8.62. The predicted molar refractivity (Wildman–Crippen MR) is 103 cm³/mol. The van der Waals surface area contributed by atoms with Gasteiger partial charge in [-0.1, -0.05) is 6.07 Å². The molecule has 26 heavy (non-hydrogen) atoms. The summed E-state index contributed by atoms with van der Waals surface area (Å²) in [6, 6.07) is 6.28. The molecule has 3 N–H and O–H groups in total. The Morgan fingerprint density at radius 3 is 2.77 bits per heavy atom. The summed E-state index contributed by atoms with van der Waals surface area (Å²) >= 11 is 1.66. The number of hydrazine groups is 1. The van der Waals surface area contributed by atoms with E-state index in [1.165, 1.54) is 5.56 Å². The fraction of sp³-hybridized carbons (Fsp3) is 0.474. The van der Waals surface area contributed by atoms with Gasteiger partial charge in [0.2, 0.25) is 11.8 Å². The molecule has 3 heterocycles. The number of ether oxygens (including phenoxy) is 1. The highest BCUT2D eigenvalue weighted by Crippen LogP contribution is 2.27. The van der Waals surface area contributed by atoms with Crippen LogP contribution in [0.1, 0.15) is 37.4 Å². The highest BCUT2D eigenvalue weighted by molar-refractivity contribution is 7.07. The number of methoxy groups -OCH3 is 1. The summed E-state index contributed by atoms with van der Waals surface area (Å²) in [7, 11) is 1.61. The molecular weight excluding hydrogens is 348 g/mol. The van der Waals surface area contributed by atoms with Gasteiger partial charge in [0, 0.05) is 36.2 Å². The van der Waals surface area contributed by atoms with Crippen molar-refractivity contribution >= 4 is 17.2 Å². The fourth-order valence-electron chi connectivity index (χ4n) is 3.45. The lowest BCUT2D eigenvalue weighted by Crippen LogP contribution is -2.35. The first-order valence-electron chi connectivity index (χ1n) is 8.89. The Balaban J connectivity index is 1.76. The number of nitrogens with zero attached hydrogens (tertiary/aromatic N) is 1. The smallest absolute Gasteiger partial charge is 0.220 e. The number of nitrogens with one attached hydrogen (secondary N) is 3. The van der Waals surface area contributed by atoms with E-state index in [-0.39, 0.29) is 30.0 Å². The monoisotopic (exact) mass is 374 g/mol. The Morgan fingerprint density at radius 1 is 1.35 bits per heavy atom. The van der Waals surface area contributed by atoms with E-state index in [4.69, 9.17) is 4.74 Å². The SMILES string of the molecule is COc1ncccc1C(Cc1ccsc1)NC(=O)CC1C(C)NNC1C. The Hall–Kier alpha value is -1.96. The molecule has 3 atom stereocenters. The van der Waals surface area contributed by atoms with Crippen molar-refractivity contribution in [3.8, 4) is 5.88 Å². The number of carbonyl (C=O) groups excluding carboxylic acids is 1. The Morgan fingerprint density at radius 2 is 2.12 bits per heavy atom. The highest BCUT2D eigenvalue weighted by Gasteiger charge is 2.32. The molecule has 1 saturated heterocycles. The van der Waals surface area contributed by atoms with Crippen LogP contribution in [0.3, 0.4) is 0 Å². The molecule has 0 aliphatic carbocycles. The second-order valence-corrected chi connectivity index (χ2v) is 7.57. The van der Waals surface area contributed by atoms with E-state index in [2.05, 4.69) is 46.4 Å². The lowest BCUT2D eigenvalue weighted by Gasteiger charge is -2.23. The first kappa shape index (κ1) is 18.8. The third-order valence-electron chi connectivity index (χ3n) is 4.97. The second-order valence-electron chi connectivity index (χ2n) is 6.79. The molecule has 140 valence electrons. The number of hydrogen-bond donors (Lipinski definition) is 3. The maximum atomic E-state index is 12.8. The van der Waals surface area contributed by atoms with Gasteiger partial charge in [0.25, 0.3) is 0 Å². The summed E-state index contributed by atoms with van der Waals surface area (Å²) in [5.74, 6) is 0.858. The van der Waals surface area contributed by atoms with Gasteiger partial charge in [-0.2, -0.15) is 11.3 Å². The summed E-state index contributed by atoms with van der Waals surface area (Å²) in [5, 5.41) is 7.36. The van der Waals surface area contributed by atoms with Crippen LogP contribution in [0.25, 0.3) is 0 Å². The van der Waals surface area contributed by atoms with Crippen LogP contribution in [0.15, 0.2) is 35.2 Å². The quantitative estimate of drug-likeness (QED) is 0.694. The number of carbonyl (C=O) groups is 1. The van der Waals surface area contributed by atoms with Crippen molar-refractivity contribution in [2.75, 3.05) is 7.11 Å². The average molecular weight is 375 g/mol. The largest absolute Gasteiger partial charge is 0.481 e. The van der Waals surface area contributed by atoms with Crippen molar-refractivity contribution < 1.29 is 9.53 Å². The van der Waals surface area contributed by atoms with Crippen LogP contribution in [0.5, 0.6) is 5.88 Å². The van der Waals surface area contributed by atoms with E-state index in [1.54, 1.807) is 24.6 Å². The minimum atomic E-state index is -0.173. The predicted octanol–water partition coefficient (Wildman–Crippen LogP) is 2.44. The third kappa shape index (κ3) is 4.41. The lowest BCUT2D eigenvalue weighted by molar-refractivity contribution is -0.122. The van der Waals surface area contributed by atoms with Gasteiger partial charge in [0.1, 0.15) is 0 Å². The molecule has 7 heteroatoms. The molecule has 0 spiro atoms. The zero-order valence-corrected chi connectivity index (χ0v) is 16.2. The molecule has 3 unspecified atom stereocenters. The molecule has 0 aromatic carbocycles. The number of pyridine rings is 1. The molecule has 2 aromatic heterocycles. The molecule has 6 nitrogen and oxygen atoms in total. The molecular formula is C19H26N4O2S. The van der Waals surface area contributed by atoms with E-state index in [0.717, 1.165) is 5.56 Å². The van der Waals surface area contributed by atoms with Crippen molar-refractivity contribution in [3.63, 3.8) is 0 Å². The zero-order valence-electron chi connectivity index (χ0n) is 15.4. The van der Waals surface area contributed by atoms with Crippen molar-refractivity contribution in [2.45, 2.75) is 44.8 Å². The van der Waals surface area contributed by atoms with Gasteiger partial charge in [-0.25, -0.2) is 4.98 Å². The average Bonchev–Trinajstić information content (AvgIpc) is 3.26. The molecule has 1 fully saturated rings. The van der Waals surface area contributed by atoms with Crippen LogP contribution in [-0.4, -0.2) is 30.1 Å². The molecule has 2 aromatic rings. The molecule has 0 bridgehead atoms. The minimum Gasteiger partial charge on any atom is -0.481 e. The Labute approximate surface area is 158 Å². The van der Waals surface area contributed by atoms with Gasteiger partial charge in [-0.15, -0.1) is 0 Å². The van der Waals surface area contributed by atoms with Gasteiger partial charge >= 0.3 is 0 Å². The van der Waals surface area contributed by atoms with Gasteiger partial charge in [0.15, 0.2) is 0 Å². The van der Waals surface area contributed by atoms with Crippen molar-refractivity contribution in [1.29, 1.82) is 0 Å². The molecule has 3 rings (SSSR count). The molecule has 0 saturated carbocycles. The van der Waals surface area contributed by atoms with E-state index in [9.17, 15) is 4.79 Å². The topological polar surface area (TPSA) is 75.3 Å². The van der Waals surface area contributed by atoms with E-state index >= 15 is 0 Å². The van der Waals surface area contributed by atoms with Crippen molar-refractivity contribution in [2.24, 2.45) is 5.92 Å². The number of hydrogen-bond acceptors (Lipinski definition) is 6. The summed E-state index contributed by atoms with van der Waals surface area (Å²) in [6.45, 7) is 4.20. The van der Waals surface area contributed by atoms with Crippen LogP contribution in [-0.2, 0) is 11.2 Å². The van der Waals surface area contributed by atoms with Gasteiger partial charge in [-0.05, 0) is 48.7 Å². The normalized spacial score (nSPS) is 23.6. The number of rotatable bonds is 7. The highest BCUT2D eigenvalue weighted by atomic mass is 32.1. The number of aromatic nitrogens is 1. The minimum absolute atomic E-state index is 0.0466. The Bertz CT molecular complexity index is 712. The number of amides is 1. The van der Waals surface area contributed by atoms with Crippen LogP contribution >= 0.6 is 11.3 Å². The van der Waals surface area contributed by atoms with Gasteiger partial charge in [0.05, 0.1) is 13.2 Å². The van der Waals surface area contributed by atoms with Crippen molar-refractivity contribution in [1.82, 2.24) is 21.2 Å². The van der Waals surface area contributed by atoms with Crippen LogP contribution in [0, 0.1) is 5.92 Å². The van der Waals surface area contributed by atoms with Crippen LogP contribution in [0.2, 0.25) is 0 Å². The Kier molecular flexibility index (Phi) is 6.24. The van der Waals surface area contributed by atoms with E-state index < -0.39 is 0 Å². The van der Waals surface area contributed by atoms with Gasteiger partial charge in [-0.3, -0.25) is 15.6 Å². The molecule has 1 aliphatic heterocycles. The zero-order chi connectivity index (χ0) is 18.5. The summed E-state index contributed by atoms with van der Waals surface area (Å²) < 4.78 is 5.41. The van der Waals surface area contributed by atoms with E-state index in [1.807, 2.05) is 17.5 Å². The first-order valence-corrected chi connectivity index (χ1v) is 9.83. The maximum absolute atomic E-state index is 12.8. The number of thiophene rings is 1. The van der Waals surface area contributed by atoms with E-state index in [0.29, 0.717) is 18.7 Å². The maximum Gasteiger partial charge on any atom is 0.220 e. The third-order valence-corrected chi connectivity index (χ3v) is 5.70. The first-order chi connectivity index (χ1) is 12.6. The van der Waals surface area contributed by atoms with Crippen LogP contribution < -0.4 is 20.9 Å². The van der Waals surface area contributed by atoms with Gasteiger partial charge < -0.3 is 10.1 Å². The molecule has 0 radical (unpaired) electrons. The standard InChI is InChI=1S/C19H26N4O2S/c1-12-16(13(2)23-22-12)10-18(24)21-17(9-14-6-8-26-11-14)15-5-4-7-20-19(15)25-3/h4-8,11-13,16-17,22-23H,9-10H2,1-3H3,(H,21,24). The lowest BCUT2D eigenvalue weighted by atomic mass is 9.92. The van der Waals surface area contributed by atoms with Crippen molar-refractivity contribution in [3.05, 3.63) is 46.3 Å². The van der Waals surface area contributed by atoms with Crippen LogP contribution in [0.4, 0.5) is 0 Å². The molecule has 1 amide bonds.